The first-order chi connectivity index (χ1) is 16.5. The average Bonchev–Trinajstić information content (AvgIpc) is 3.22. The highest BCUT2D eigenvalue weighted by Crippen LogP contribution is 2.36. The molecule has 1 heterocycles. The lowest BCUT2D eigenvalue weighted by atomic mass is 10.2. The largest absolute Gasteiger partial charge is 0.494 e. The minimum absolute atomic E-state index is 0.0989. The Labute approximate surface area is 197 Å². The molecule has 2 amide bonds. The van der Waals surface area contributed by atoms with Gasteiger partial charge in [0, 0.05) is 24.1 Å². The van der Waals surface area contributed by atoms with Gasteiger partial charge in [-0.15, -0.1) is 0 Å². The monoisotopic (exact) mass is 458 g/mol. The van der Waals surface area contributed by atoms with Crippen LogP contribution in [0.4, 0.5) is 11.4 Å². The van der Waals surface area contributed by atoms with Gasteiger partial charge >= 0.3 is 0 Å². The molecule has 0 radical (unpaired) electrons. The number of imidazole rings is 1. The second-order valence-corrected chi connectivity index (χ2v) is 7.58. The molecule has 0 unspecified atom stereocenters. The molecule has 0 bridgehead atoms. The number of rotatable bonds is 8. The number of aryl methyl sites for hydroxylation is 1. The molecule has 2 N–H and O–H groups in total. The van der Waals surface area contributed by atoms with Crippen LogP contribution in [0.15, 0.2) is 66.7 Å². The van der Waals surface area contributed by atoms with Crippen LogP contribution in [-0.4, -0.2) is 35.6 Å². The van der Waals surface area contributed by atoms with Gasteiger partial charge in [0.25, 0.3) is 5.91 Å². The Balaban J connectivity index is 1.57. The Morgan fingerprint density at radius 3 is 2.15 bits per heavy atom. The molecule has 34 heavy (non-hydrogen) atoms. The van der Waals surface area contributed by atoms with Crippen LogP contribution >= 0.6 is 0 Å². The maximum Gasteiger partial charge on any atom is 0.255 e. The number of carbonyl (C=O) groups is 2. The number of carbonyl (C=O) groups excluding carboxylic acids is 2. The third-order valence-corrected chi connectivity index (χ3v) is 5.43. The number of benzene rings is 3. The quantitative estimate of drug-likeness (QED) is 0.405. The Morgan fingerprint density at radius 2 is 1.50 bits per heavy atom. The van der Waals surface area contributed by atoms with Gasteiger partial charge in [0.15, 0.2) is 0 Å². The van der Waals surface area contributed by atoms with E-state index >= 15 is 0 Å². The molecule has 3 aromatic carbocycles. The van der Waals surface area contributed by atoms with Crippen molar-refractivity contribution in [1.82, 2.24) is 9.55 Å². The van der Waals surface area contributed by atoms with Gasteiger partial charge in [-0.2, -0.15) is 0 Å². The van der Waals surface area contributed by atoms with Crippen molar-refractivity contribution < 1.29 is 19.1 Å². The number of fused-ring (bicyclic) bond motifs is 1. The summed E-state index contributed by atoms with van der Waals surface area (Å²) >= 11 is 0. The molecule has 0 spiro atoms. The van der Waals surface area contributed by atoms with E-state index in [1.54, 1.807) is 36.4 Å². The fourth-order valence-electron chi connectivity index (χ4n) is 3.78. The molecule has 0 aliphatic heterocycles. The van der Waals surface area contributed by atoms with E-state index in [0.717, 1.165) is 16.9 Å². The fraction of sp³-hybridized carbons (Fsp3) is 0.192. The zero-order valence-corrected chi connectivity index (χ0v) is 19.3. The van der Waals surface area contributed by atoms with E-state index in [9.17, 15) is 9.59 Å². The molecule has 0 aliphatic carbocycles. The Kier molecular flexibility index (Phi) is 6.77. The Hall–Kier alpha value is -4.33. The molecule has 174 valence electrons. The van der Waals surface area contributed by atoms with Crippen LogP contribution in [0.25, 0.3) is 11.0 Å². The van der Waals surface area contributed by atoms with Gasteiger partial charge in [-0.1, -0.05) is 37.3 Å². The first kappa shape index (κ1) is 22.8. The predicted molar refractivity (Wildman–Crippen MR) is 132 cm³/mol. The van der Waals surface area contributed by atoms with Crippen molar-refractivity contribution >= 4 is 34.2 Å². The highest BCUT2D eigenvalue weighted by atomic mass is 16.5. The number of methoxy groups -OCH3 is 2. The van der Waals surface area contributed by atoms with E-state index in [-0.39, 0.29) is 18.4 Å². The van der Waals surface area contributed by atoms with Crippen LogP contribution in [0, 0.1) is 0 Å². The SMILES string of the molecule is CCc1nc2ccccc2n1CC(=O)Nc1cc(OC)c(NC(=O)c2ccccc2)cc1OC. The molecule has 0 aliphatic rings. The van der Waals surface area contributed by atoms with Gasteiger partial charge in [-0.25, -0.2) is 4.98 Å². The number of anilines is 2. The molecule has 8 nitrogen and oxygen atoms in total. The molecular formula is C26H26N4O4. The maximum atomic E-state index is 13.0. The predicted octanol–water partition coefficient (Wildman–Crippen LogP) is 4.51. The van der Waals surface area contributed by atoms with E-state index in [1.807, 2.05) is 41.8 Å². The van der Waals surface area contributed by atoms with Crippen molar-refractivity contribution in [3.05, 3.63) is 78.1 Å². The highest BCUT2D eigenvalue weighted by Gasteiger charge is 2.18. The number of aromatic nitrogens is 2. The summed E-state index contributed by atoms with van der Waals surface area (Å²) in [5.74, 6) is 1.10. The van der Waals surface area contributed by atoms with Gasteiger partial charge in [0.05, 0.1) is 36.6 Å². The summed E-state index contributed by atoms with van der Waals surface area (Å²) in [4.78, 5) is 30.2. The van der Waals surface area contributed by atoms with Crippen molar-refractivity contribution in [3.8, 4) is 11.5 Å². The third-order valence-electron chi connectivity index (χ3n) is 5.43. The van der Waals surface area contributed by atoms with Crippen LogP contribution in [0.2, 0.25) is 0 Å². The number of hydrogen-bond acceptors (Lipinski definition) is 5. The standard InChI is InChI=1S/C26H26N4O4/c1-4-24-27-18-12-8-9-13-21(18)30(24)16-25(31)28-19-14-23(34-3)20(15-22(19)33-2)29-26(32)17-10-6-5-7-11-17/h5-15H,4,16H2,1-3H3,(H,28,31)(H,29,32). The lowest BCUT2D eigenvalue weighted by Crippen LogP contribution is -2.20. The number of ether oxygens (including phenoxy) is 2. The Bertz CT molecular complexity index is 1330. The fourth-order valence-corrected chi connectivity index (χ4v) is 3.78. The van der Waals surface area contributed by atoms with Crippen molar-refractivity contribution in [2.24, 2.45) is 0 Å². The molecule has 8 heteroatoms. The second kappa shape index (κ2) is 10.1. The van der Waals surface area contributed by atoms with Crippen LogP contribution in [0.1, 0.15) is 23.1 Å². The molecule has 4 rings (SSSR count). The van der Waals surface area contributed by atoms with Crippen molar-refractivity contribution in [3.63, 3.8) is 0 Å². The number of amides is 2. The molecule has 1 aromatic heterocycles. The van der Waals surface area contributed by atoms with Crippen molar-refractivity contribution in [2.45, 2.75) is 19.9 Å². The van der Waals surface area contributed by atoms with E-state index in [1.165, 1.54) is 14.2 Å². The van der Waals surface area contributed by atoms with Crippen LogP contribution in [-0.2, 0) is 17.8 Å². The topological polar surface area (TPSA) is 94.5 Å². The lowest BCUT2D eigenvalue weighted by Gasteiger charge is -2.17. The molecule has 4 aromatic rings. The minimum Gasteiger partial charge on any atom is -0.494 e. The van der Waals surface area contributed by atoms with Gasteiger partial charge in [-0.3, -0.25) is 9.59 Å². The van der Waals surface area contributed by atoms with Crippen LogP contribution in [0.5, 0.6) is 11.5 Å². The van der Waals surface area contributed by atoms with E-state index in [4.69, 9.17) is 9.47 Å². The van der Waals surface area contributed by atoms with Gasteiger partial charge in [0.1, 0.15) is 23.9 Å². The smallest absolute Gasteiger partial charge is 0.255 e. The summed E-state index contributed by atoms with van der Waals surface area (Å²) < 4.78 is 12.9. The third kappa shape index (κ3) is 4.71. The maximum absolute atomic E-state index is 13.0. The zero-order chi connectivity index (χ0) is 24.1. The Morgan fingerprint density at radius 1 is 0.882 bits per heavy atom. The number of para-hydroxylation sites is 2. The van der Waals surface area contributed by atoms with Gasteiger partial charge in [-0.05, 0) is 24.3 Å². The average molecular weight is 459 g/mol. The highest BCUT2D eigenvalue weighted by molar-refractivity contribution is 6.05. The lowest BCUT2D eigenvalue weighted by molar-refractivity contribution is -0.116. The molecule has 0 atom stereocenters. The summed E-state index contributed by atoms with van der Waals surface area (Å²) in [6.07, 6.45) is 0.703. The summed E-state index contributed by atoms with van der Waals surface area (Å²) in [6.45, 7) is 2.10. The molecular weight excluding hydrogens is 432 g/mol. The number of nitrogens with zero attached hydrogens (tertiary/aromatic N) is 2. The van der Waals surface area contributed by atoms with Gasteiger partial charge in [0.2, 0.25) is 5.91 Å². The molecule has 0 fully saturated rings. The molecule has 0 saturated carbocycles. The van der Waals surface area contributed by atoms with Crippen LogP contribution < -0.4 is 20.1 Å². The van der Waals surface area contributed by atoms with E-state index in [2.05, 4.69) is 15.6 Å². The summed E-state index contributed by atoms with van der Waals surface area (Å²) in [6, 6.07) is 19.8. The normalized spacial score (nSPS) is 10.7. The van der Waals surface area contributed by atoms with E-state index in [0.29, 0.717) is 34.9 Å². The second-order valence-electron chi connectivity index (χ2n) is 7.58. The van der Waals surface area contributed by atoms with Gasteiger partial charge < -0.3 is 24.7 Å². The summed E-state index contributed by atoms with van der Waals surface area (Å²) in [5.41, 5.74) is 3.13. The molecule has 0 saturated heterocycles. The minimum atomic E-state index is -0.281. The first-order valence-electron chi connectivity index (χ1n) is 10.9. The van der Waals surface area contributed by atoms with E-state index < -0.39 is 0 Å². The number of hydrogen-bond donors (Lipinski definition) is 2. The number of nitrogens with one attached hydrogen (secondary N) is 2. The zero-order valence-electron chi connectivity index (χ0n) is 19.3. The first-order valence-corrected chi connectivity index (χ1v) is 10.9. The van der Waals surface area contributed by atoms with Crippen LogP contribution in [0.3, 0.4) is 0 Å². The summed E-state index contributed by atoms with van der Waals surface area (Å²) in [5, 5.41) is 5.73. The summed E-state index contributed by atoms with van der Waals surface area (Å²) in [7, 11) is 3.00. The van der Waals surface area contributed by atoms with Crippen molar-refractivity contribution in [2.75, 3.05) is 24.9 Å². The van der Waals surface area contributed by atoms with Crippen molar-refractivity contribution in [1.29, 1.82) is 0 Å².